The van der Waals surface area contributed by atoms with Gasteiger partial charge in [0.2, 0.25) is 0 Å². The van der Waals surface area contributed by atoms with Crippen molar-refractivity contribution in [3.8, 4) is 0 Å². The molecule has 1 heterocycles. The standard InChI is InChI=1S/C17H21N3O4S/c1-10-15(11(2)20(4)19-10)18-16(21)12(3)24-17(22)13-8-6-7-9-14(13)25(5)23/h6-9,12H,1-5H3,(H,18,21)/t12-,25-/m0/s1. The second-order valence-corrected chi connectivity index (χ2v) is 7.00. The van der Waals surface area contributed by atoms with Gasteiger partial charge in [-0.2, -0.15) is 5.10 Å². The average Bonchev–Trinajstić information content (AvgIpc) is 2.80. The van der Waals surface area contributed by atoms with Crippen LogP contribution in [0.15, 0.2) is 29.2 Å². The summed E-state index contributed by atoms with van der Waals surface area (Å²) in [6, 6.07) is 6.47. The van der Waals surface area contributed by atoms with Gasteiger partial charge in [0, 0.05) is 13.3 Å². The highest BCUT2D eigenvalue weighted by atomic mass is 32.2. The Hall–Kier alpha value is -2.48. The van der Waals surface area contributed by atoms with Crippen LogP contribution in [0.1, 0.15) is 28.7 Å². The summed E-state index contributed by atoms with van der Waals surface area (Å²) in [4.78, 5) is 25.0. The highest BCUT2D eigenvalue weighted by Gasteiger charge is 2.23. The van der Waals surface area contributed by atoms with Gasteiger partial charge in [0.25, 0.3) is 5.91 Å². The molecular formula is C17H21N3O4S. The maximum absolute atomic E-state index is 12.3. The number of anilines is 1. The lowest BCUT2D eigenvalue weighted by Crippen LogP contribution is -2.30. The van der Waals surface area contributed by atoms with Gasteiger partial charge in [-0.15, -0.1) is 0 Å². The molecule has 25 heavy (non-hydrogen) atoms. The summed E-state index contributed by atoms with van der Waals surface area (Å²) in [5, 5.41) is 6.96. The number of hydrogen-bond acceptors (Lipinski definition) is 5. The fourth-order valence-corrected chi connectivity index (χ4v) is 3.07. The van der Waals surface area contributed by atoms with E-state index in [1.165, 1.54) is 19.2 Å². The fourth-order valence-electron chi connectivity index (χ4n) is 2.34. The van der Waals surface area contributed by atoms with E-state index in [1.807, 2.05) is 6.92 Å². The van der Waals surface area contributed by atoms with Crippen molar-refractivity contribution >= 4 is 28.4 Å². The number of nitrogens with zero attached hydrogens (tertiary/aromatic N) is 2. The normalized spacial score (nSPS) is 13.2. The molecule has 2 aromatic rings. The Morgan fingerprint density at radius 3 is 2.48 bits per heavy atom. The third kappa shape index (κ3) is 4.14. The minimum Gasteiger partial charge on any atom is -0.449 e. The van der Waals surface area contributed by atoms with Crippen molar-refractivity contribution in [1.82, 2.24) is 9.78 Å². The Kier molecular flexibility index (Phi) is 5.73. The number of benzene rings is 1. The first-order valence-corrected chi connectivity index (χ1v) is 9.22. The Morgan fingerprint density at radius 2 is 1.92 bits per heavy atom. The van der Waals surface area contributed by atoms with E-state index in [0.29, 0.717) is 16.3 Å². The molecule has 2 atom stereocenters. The van der Waals surface area contributed by atoms with E-state index < -0.39 is 28.8 Å². The number of aryl methyl sites for hydroxylation is 2. The number of aromatic nitrogens is 2. The number of hydrogen-bond donors (Lipinski definition) is 1. The molecule has 8 heteroatoms. The molecule has 1 amide bonds. The van der Waals surface area contributed by atoms with Crippen molar-refractivity contribution in [2.75, 3.05) is 11.6 Å². The van der Waals surface area contributed by atoms with Crippen LogP contribution in [-0.4, -0.2) is 38.2 Å². The van der Waals surface area contributed by atoms with Gasteiger partial charge < -0.3 is 10.1 Å². The molecule has 0 unspecified atom stereocenters. The smallest absolute Gasteiger partial charge is 0.340 e. The summed E-state index contributed by atoms with van der Waals surface area (Å²) in [5.74, 6) is -1.14. The Labute approximate surface area is 148 Å². The van der Waals surface area contributed by atoms with Crippen molar-refractivity contribution in [1.29, 1.82) is 0 Å². The summed E-state index contributed by atoms with van der Waals surface area (Å²) >= 11 is 0. The molecule has 7 nitrogen and oxygen atoms in total. The van der Waals surface area contributed by atoms with Crippen molar-refractivity contribution in [3.63, 3.8) is 0 Å². The Morgan fingerprint density at radius 1 is 1.28 bits per heavy atom. The third-order valence-electron chi connectivity index (χ3n) is 3.83. The van der Waals surface area contributed by atoms with Crippen molar-refractivity contribution in [3.05, 3.63) is 41.2 Å². The maximum atomic E-state index is 12.3. The zero-order valence-corrected chi connectivity index (χ0v) is 15.6. The number of amides is 1. The molecule has 1 aromatic heterocycles. The molecule has 0 aliphatic rings. The molecule has 0 fully saturated rings. The highest BCUT2D eigenvalue weighted by Crippen LogP contribution is 2.19. The molecule has 0 aliphatic carbocycles. The van der Waals surface area contributed by atoms with E-state index in [1.54, 1.807) is 36.9 Å². The molecule has 0 aliphatic heterocycles. The zero-order valence-electron chi connectivity index (χ0n) is 14.8. The van der Waals surface area contributed by atoms with Crippen LogP contribution in [0.25, 0.3) is 0 Å². The van der Waals surface area contributed by atoms with Crippen LogP contribution in [-0.2, 0) is 27.4 Å². The van der Waals surface area contributed by atoms with Gasteiger partial charge in [0.1, 0.15) is 0 Å². The summed E-state index contributed by atoms with van der Waals surface area (Å²) in [5.41, 5.74) is 2.27. The van der Waals surface area contributed by atoms with E-state index in [9.17, 15) is 13.8 Å². The topological polar surface area (TPSA) is 90.3 Å². The number of ether oxygens (including phenoxy) is 1. The van der Waals surface area contributed by atoms with Crippen molar-refractivity contribution in [2.45, 2.75) is 31.8 Å². The lowest BCUT2D eigenvalue weighted by atomic mass is 10.2. The number of carbonyl (C=O) groups excluding carboxylic acids is 2. The van der Waals surface area contributed by atoms with Gasteiger partial charge >= 0.3 is 5.97 Å². The van der Waals surface area contributed by atoms with Gasteiger partial charge in [-0.3, -0.25) is 13.7 Å². The second-order valence-electron chi connectivity index (χ2n) is 5.66. The zero-order chi connectivity index (χ0) is 18.7. The van der Waals surface area contributed by atoms with E-state index in [0.717, 1.165) is 5.69 Å². The average molecular weight is 363 g/mol. The molecule has 0 saturated heterocycles. The minimum absolute atomic E-state index is 0.191. The molecule has 1 N–H and O–H groups in total. The summed E-state index contributed by atoms with van der Waals surface area (Å²) < 4.78 is 18.6. The van der Waals surface area contributed by atoms with E-state index >= 15 is 0 Å². The summed E-state index contributed by atoms with van der Waals surface area (Å²) in [6.07, 6.45) is 0.473. The molecule has 0 bridgehead atoms. The number of carbonyl (C=O) groups is 2. The number of nitrogens with one attached hydrogen (secondary N) is 1. The quantitative estimate of drug-likeness (QED) is 0.820. The van der Waals surface area contributed by atoms with Crippen LogP contribution in [0.5, 0.6) is 0 Å². The van der Waals surface area contributed by atoms with E-state index in [4.69, 9.17) is 4.74 Å². The predicted octanol–water partition coefficient (Wildman–Crippen LogP) is 1.96. The van der Waals surface area contributed by atoms with Gasteiger partial charge in [0.15, 0.2) is 6.10 Å². The SMILES string of the molecule is Cc1nn(C)c(C)c1NC(=O)[C@H](C)OC(=O)c1ccccc1[S@](C)=O. The first kappa shape index (κ1) is 18.9. The van der Waals surface area contributed by atoms with Crippen LogP contribution in [0.3, 0.4) is 0 Å². The lowest BCUT2D eigenvalue weighted by molar-refractivity contribution is -0.123. The van der Waals surface area contributed by atoms with E-state index in [2.05, 4.69) is 10.4 Å². The Balaban J connectivity index is 2.11. The van der Waals surface area contributed by atoms with Gasteiger partial charge in [-0.05, 0) is 32.9 Å². The highest BCUT2D eigenvalue weighted by molar-refractivity contribution is 7.84. The van der Waals surface area contributed by atoms with Crippen LogP contribution >= 0.6 is 0 Å². The van der Waals surface area contributed by atoms with Gasteiger partial charge in [-0.1, -0.05) is 12.1 Å². The summed E-state index contributed by atoms with van der Waals surface area (Å²) in [6.45, 7) is 5.10. The van der Waals surface area contributed by atoms with Crippen molar-refractivity contribution < 1.29 is 18.5 Å². The maximum Gasteiger partial charge on any atom is 0.340 e. The first-order valence-electron chi connectivity index (χ1n) is 7.66. The Bertz CT molecular complexity index is 844. The van der Waals surface area contributed by atoms with E-state index in [-0.39, 0.29) is 5.56 Å². The predicted molar refractivity (Wildman–Crippen MR) is 95.0 cm³/mol. The van der Waals surface area contributed by atoms with Crippen LogP contribution in [0, 0.1) is 13.8 Å². The fraction of sp³-hybridized carbons (Fsp3) is 0.353. The second kappa shape index (κ2) is 7.60. The minimum atomic E-state index is -1.33. The number of esters is 1. The number of rotatable bonds is 5. The lowest BCUT2D eigenvalue weighted by Gasteiger charge is -2.14. The molecule has 2 rings (SSSR count). The van der Waals surface area contributed by atoms with Crippen LogP contribution < -0.4 is 5.32 Å². The molecule has 0 spiro atoms. The van der Waals surface area contributed by atoms with Gasteiger partial charge in [-0.25, -0.2) is 4.79 Å². The largest absolute Gasteiger partial charge is 0.449 e. The molecule has 1 aromatic carbocycles. The molecule has 0 saturated carbocycles. The summed E-state index contributed by atoms with van der Waals surface area (Å²) in [7, 11) is 0.447. The van der Waals surface area contributed by atoms with Crippen LogP contribution in [0.4, 0.5) is 5.69 Å². The molecule has 134 valence electrons. The van der Waals surface area contributed by atoms with Gasteiger partial charge in [0.05, 0.1) is 38.3 Å². The van der Waals surface area contributed by atoms with Crippen LogP contribution in [0.2, 0.25) is 0 Å². The molecule has 0 radical (unpaired) electrons. The first-order chi connectivity index (χ1) is 11.7. The third-order valence-corrected chi connectivity index (χ3v) is 4.80. The molecular weight excluding hydrogens is 342 g/mol. The van der Waals surface area contributed by atoms with Crippen molar-refractivity contribution in [2.24, 2.45) is 7.05 Å². The monoisotopic (exact) mass is 363 g/mol.